The monoisotopic (exact) mass is 189 g/mol. The highest BCUT2D eigenvalue weighted by Gasteiger charge is 2.07. The number of amides is 1. The summed E-state index contributed by atoms with van der Waals surface area (Å²) in [6.07, 6.45) is 5.31. The van der Waals surface area contributed by atoms with Crippen molar-refractivity contribution in [2.75, 3.05) is 14.1 Å². The van der Waals surface area contributed by atoms with Gasteiger partial charge >= 0.3 is 0 Å². The van der Waals surface area contributed by atoms with Gasteiger partial charge in [0.05, 0.1) is 5.56 Å². The molecule has 4 heteroatoms. The first-order chi connectivity index (χ1) is 6.68. The molecule has 0 aliphatic rings. The molecule has 0 aliphatic carbocycles. The van der Waals surface area contributed by atoms with Crippen LogP contribution in [0.25, 0.3) is 5.65 Å². The highest BCUT2D eigenvalue weighted by molar-refractivity contribution is 5.93. The zero-order valence-electron chi connectivity index (χ0n) is 8.14. The lowest BCUT2D eigenvalue weighted by atomic mass is 10.2. The lowest BCUT2D eigenvalue weighted by Gasteiger charge is -2.09. The summed E-state index contributed by atoms with van der Waals surface area (Å²) in [6.45, 7) is 0. The summed E-state index contributed by atoms with van der Waals surface area (Å²) in [5, 5.41) is 0. The second-order valence-electron chi connectivity index (χ2n) is 3.31. The van der Waals surface area contributed by atoms with Crippen LogP contribution in [0, 0.1) is 0 Å². The van der Waals surface area contributed by atoms with Gasteiger partial charge in [0.15, 0.2) is 0 Å². The first kappa shape index (κ1) is 8.74. The van der Waals surface area contributed by atoms with E-state index < -0.39 is 0 Å². The Morgan fingerprint density at radius 2 is 2.21 bits per heavy atom. The van der Waals surface area contributed by atoms with Crippen molar-refractivity contribution in [3.63, 3.8) is 0 Å². The van der Waals surface area contributed by atoms with Crippen LogP contribution in [0.2, 0.25) is 0 Å². The molecule has 0 spiro atoms. The maximum absolute atomic E-state index is 11.6. The highest BCUT2D eigenvalue weighted by atomic mass is 16.2. The standard InChI is InChI=1S/C10H11N3O/c1-12(2)10(14)8-3-4-9-11-5-6-13(9)7-8/h3-7H,1-2H3. The minimum atomic E-state index is 0.000556. The molecule has 0 bridgehead atoms. The Morgan fingerprint density at radius 1 is 1.43 bits per heavy atom. The van der Waals surface area contributed by atoms with E-state index in [4.69, 9.17) is 0 Å². The van der Waals surface area contributed by atoms with E-state index in [1.165, 1.54) is 0 Å². The Kier molecular flexibility index (Phi) is 1.96. The summed E-state index contributed by atoms with van der Waals surface area (Å²) in [5.74, 6) is 0.000556. The van der Waals surface area contributed by atoms with Crippen molar-refractivity contribution in [3.05, 3.63) is 36.3 Å². The van der Waals surface area contributed by atoms with Gasteiger partial charge in [-0.15, -0.1) is 0 Å². The lowest BCUT2D eigenvalue weighted by Crippen LogP contribution is -2.21. The smallest absolute Gasteiger partial charge is 0.254 e. The van der Waals surface area contributed by atoms with E-state index in [1.807, 2.05) is 16.7 Å². The third kappa shape index (κ3) is 1.35. The average molecular weight is 189 g/mol. The second kappa shape index (κ2) is 3.14. The third-order valence-electron chi connectivity index (χ3n) is 2.04. The number of aromatic nitrogens is 2. The molecule has 0 saturated carbocycles. The number of carbonyl (C=O) groups is 1. The topological polar surface area (TPSA) is 37.6 Å². The number of hydrogen-bond donors (Lipinski definition) is 0. The van der Waals surface area contributed by atoms with E-state index in [1.54, 1.807) is 37.5 Å². The highest BCUT2D eigenvalue weighted by Crippen LogP contribution is 2.06. The molecule has 0 radical (unpaired) electrons. The molecule has 2 aromatic rings. The predicted octanol–water partition coefficient (Wildman–Crippen LogP) is 1.04. The zero-order valence-corrected chi connectivity index (χ0v) is 8.14. The van der Waals surface area contributed by atoms with Crippen molar-refractivity contribution in [1.82, 2.24) is 14.3 Å². The van der Waals surface area contributed by atoms with Gasteiger partial charge in [0.2, 0.25) is 0 Å². The van der Waals surface area contributed by atoms with Gasteiger partial charge in [-0.3, -0.25) is 4.79 Å². The molecular formula is C10H11N3O. The normalized spacial score (nSPS) is 10.4. The maximum Gasteiger partial charge on any atom is 0.254 e. The van der Waals surface area contributed by atoms with Crippen molar-refractivity contribution < 1.29 is 4.79 Å². The van der Waals surface area contributed by atoms with Crippen LogP contribution in [0.15, 0.2) is 30.7 Å². The number of pyridine rings is 1. The molecule has 0 aliphatic heterocycles. The van der Waals surface area contributed by atoms with Gasteiger partial charge in [-0.25, -0.2) is 4.98 Å². The SMILES string of the molecule is CN(C)C(=O)c1ccc2nccn2c1. The molecule has 0 fully saturated rings. The summed E-state index contributed by atoms with van der Waals surface area (Å²) >= 11 is 0. The quantitative estimate of drug-likeness (QED) is 0.672. The molecule has 0 aromatic carbocycles. The second-order valence-corrected chi connectivity index (χ2v) is 3.31. The minimum Gasteiger partial charge on any atom is -0.345 e. The van der Waals surface area contributed by atoms with Crippen molar-refractivity contribution in [2.24, 2.45) is 0 Å². The molecule has 0 N–H and O–H groups in total. The zero-order chi connectivity index (χ0) is 10.1. The van der Waals surface area contributed by atoms with Crippen LogP contribution >= 0.6 is 0 Å². The van der Waals surface area contributed by atoms with Crippen LogP contribution in [0.4, 0.5) is 0 Å². The largest absolute Gasteiger partial charge is 0.345 e. The van der Waals surface area contributed by atoms with Crippen LogP contribution < -0.4 is 0 Å². The van der Waals surface area contributed by atoms with Gasteiger partial charge in [0, 0.05) is 32.7 Å². The van der Waals surface area contributed by atoms with Gasteiger partial charge in [-0.2, -0.15) is 0 Å². The molecule has 4 nitrogen and oxygen atoms in total. The number of carbonyl (C=O) groups excluding carboxylic acids is 1. The molecular weight excluding hydrogens is 178 g/mol. The molecule has 2 heterocycles. The lowest BCUT2D eigenvalue weighted by molar-refractivity contribution is 0.0827. The number of fused-ring (bicyclic) bond motifs is 1. The van der Waals surface area contributed by atoms with Gasteiger partial charge in [0.25, 0.3) is 5.91 Å². The van der Waals surface area contributed by atoms with Crippen molar-refractivity contribution >= 4 is 11.6 Å². The molecule has 2 aromatic heterocycles. The fourth-order valence-electron chi connectivity index (χ4n) is 1.30. The van der Waals surface area contributed by atoms with Crippen molar-refractivity contribution in [1.29, 1.82) is 0 Å². The van der Waals surface area contributed by atoms with Crippen LogP contribution in [-0.2, 0) is 0 Å². The Balaban J connectivity index is 2.48. The number of imidazole rings is 1. The predicted molar refractivity (Wildman–Crippen MR) is 53.2 cm³/mol. The Bertz CT molecular complexity index is 473. The maximum atomic E-state index is 11.6. The van der Waals surface area contributed by atoms with E-state index in [9.17, 15) is 4.79 Å². The number of nitrogens with zero attached hydrogens (tertiary/aromatic N) is 3. The third-order valence-corrected chi connectivity index (χ3v) is 2.04. The molecule has 1 amide bonds. The van der Waals surface area contributed by atoms with E-state index >= 15 is 0 Å². The number of rotatable bonds is 1. The van der Waals surface area contributed by atoms with Gasteiger partial charge in [-0.1, -0.05) is 0 Å². The fourth-order valence-corrected chi connectivity index (χ4v) is 1.30. The van der Waals surface area contributed by atoms with E-state index in [0.717, 1.165) is 5.65 Å². The summed E-state index contributed by atoms with van der Waals surface area (Å²) in [4.78, 5) is 17.3. The van der Waals surface area contributed by atoms with Crippen LogP contribution in [0.3, 0.4) is 0 Å². The molecule has 72 valence electrons. The fraction of sp³-hybridized carbons (Fsp3) is 0.200. The molecule has 2 rings (SSSR count). The Labute approximate surface area is 81.8 Å². The first-order valence-corrected chi connectivity index (χ1v) is 4.33. The Hall–Kier alpha value is -1.84. The van der Waals surface area contributed by atoms with Gasteiger partial charge in [-0.05, 0) is 12.1 Å². The summed E-state index contributed by atoms with van der Waals surface area (Å²) < 4.78 is 1.83. The van der Waals surface area contributed by atoms with Gasteiger partial charge in [0.1, 0.15) is 5.65 Å². The number of hydrogen-bond acceptors (Lipinski definition) is 2. The van der Waals surface area contributed by atoms with Crippen LogP contribution in [0.5, 0.6) is 0 Å². The summed E-state index contributed by atoms with van der Waals surface area (Å²) in [6, 6.07) is 3.61. The molecule has 14 heavy (non-hydrogen) atoms. The van der Waals surface area contributed by atoms with E-state index in [0.29, 0.717) is 5.56 Å². The van der Waals surface area contributed by atoms with Crippen LogP contribution in [-0.4, -0.2) is 34.3 Å². The average Bonchev–Trinajstić information content (AvgIpc) is 2.62. The minimum absolute atomic E-state index is 0.000556. The molecule has 0 unspecified atom stereocenters. The van der Waals surface area contributed by atoms with Gasteiger partial charge < -0.3 is 9.30 Å². The van der Waals surface area contributed by atoms with Crippen molar-refractivity contribution in [3.8, 4) is 0 Å². The van der Waals surface area contributed by atoms with Crippen molar-refractivity contribution in [2.45, 2.75) is 0 Å². The Morgan fingerprint density at radius 3 is 2.93 bits per heavy atom. The van der Waals surface area contributed by atoms with E-state index in [-0.39, 0.29) is 5.91 Å². The molecule has 0 atom stereocenters. The van der Waals surface area contributed by atoms with Crippen LogP contribution in [0.1, 0.15) is 10.4 Å². The first-order valence-electron chi connectivity index (χ1n) is 4.33. The van der Waals surface area contributed by atoms with E-state index in [2.05, 4.69) is 4.98 Å². The molecule has 0 saturated heterocycles. The summed E-state index contributed by atoms with van der Waals surface area (Å²) in [5.41, 5.74) is 1.51. The summed E-state index contributed by atoms with van der Waals surface area (Å²) in [7, 11) is 3.47.